The van der Waals surface area contributed by atoms with E-state index >= 15 is 0 Å². The predicted molar refractivity (Wildman–Crippen MR) is 68.7 cm³/mol. The molecule has 1 aromatic rings. The molecule has 0 aliphatic carbocycles. The number of nitrogens with zero attached hydrogens (tertiary/aromatic N) is 1. The number of esters is 1. The van der Waals surface area contributed by atoms with E-state index in [1.54, 1.807) is 0 Å². The smallest absolute Gasteiger partial charge is 0.335 e. The van der Waals surface area contributed by atoms with Gasteiger partial charge in [0.15, 0.2) is 15.6 Å². The van der Waals surface area contributed by atoms with E-state index in [0.29, 0.717) is 6.07 Å². The summed E-state index contributed by atoms with van der Waals surface area (Å²) in [7, 11) is -4.31. The standard InChI is InChI=1S/C11H11NO8S/c1-2-20-10(13)6-21(18,19)9-4-3-7(11(14)15)5-8(9)12(16)17/h3-5H,2,6H2,1H3,(H,14,15). The molecule has 0 heterocycles. The second-order valence-corrected chi connectivity index (χ2v) is 5.77. The Morgan fingerprint density at radius 3 is 2.48 bits per heavy atom. The number of hydrogen-bond donors (Lipinski definition) is 1. The van der Waals surface area contributed by atoms with E-state index in [-0.39, 0.29) is 6.61 Å². The Kier molecular flexibility index (Phi) is 4.97. The molecule has 0 radical (unpaired) electrons. The maximum absolute atomic E-state index is 12.0. The number of nitro groups is 1. The normalized spacial score (nSPS) is 10.9. The average Bonchev–Trinajstić information content (AvgIpc) is 2.37. The number of ether oxygens (including phenoxy) is 1. The van der Waals surface area contributed by atoms with E-state index in [2.05, 4.69) is 4.74 Å². The molecule has 0 aliphatic heterocycles. The number of carboxylic acids is 1. The molecule has 0 atom stereocenters. The van der Waals surface area contributed by atoms with Crippen LogP contribution in [0, 0.1) is 10.1 Å². The number of rotatable bonds is 6. The molecule has 0 amide bonds. The van der Waals surface area contributed by atoms with E-state index in [1.807, 2.05) is 0 Å². The van der Waals surface area contributed by atoms with Gasteiger partial charge in [0.2, 0.25) is 0 Å². The van der Waals surface area contributed by atoms with Crippen molar-refractivity contribution >= 4 is 27.5 Å². The number of carbonyl (C=O) groups excluding carboxylic acids is 1. The second-order valence-electron chi connectivity index (χ2n) is 3.81. The zero-order valence-electron chi connectivity index (χ0n) is 10.8. The van der Waals surface area contributed by atoms with E-state index in [4.69, 9.17) is 5.11 Å². The third kappa shape index (κ3) is 3.99. The van der Waals surface area contributed by atoms with Crippen molar-refractivity contribution in [2.45, 2.75) is 11.8 Å². The summed E-state index contributed by atoms with van der Waals surface area (Å²) in [4.78, 5) is 31.1. The second kappa shape index (κ2) is 6.31. The Morgan fingerprint density at radius 2 is 2.00 bits per heavy atom. The van der Waals surface area contributed by atoms with Crippen LogP contribution in [-0.2, 0) is 19.4 Å². The lowest BCUT2D eigenvalue weighted by Gasteiger charge is -2.06. The number of carboxylic acid groups (broad SMARTS) is 1. The van der Waals surface area contributed by atoms with Crippen LogP contribution in [0.25, 0.3) is 0 Å². The molecule has 1 N–H and O–H groups in total. The van der Waals surface area contributed by atoms with Gasteiger partial charge in [-0.05, 0) is 19.1 Å². The minimum Gasteiger partial charge on any atom is -0.478 e. The molecule has 0 spiro atoms. The van der Waals surface area contributed by atoms with Gasteiger partial charge in [-0.25, -0.2) is 13.2 Å². The maximum atomic E-state index is 12.0. The van der Waals surface area contributed by atoms with Crippen molar-refractivity contribution in [1.82, 2.24) is 0 Å². The van der Waals surface area contributed by atoms with Gasteiger partial charge < -0.3 is 9.84 Å². The molecule has 0 fully saturated rings. The Morgan fingerprint density at radius 1 is 1.38 bits per heavy atom. The van der Waals surface area contributed by atoms with Gasteiger partial charge in [0.05, 0.1) is 17.1 Å². The van der Waals surface area contributed by atoms with Crippen molar-refractivity contribution in [3.05, 3.63) is 33.9 Å². The summed E-state index contributed by atoms with van der Waals surface area (Å²) in [6.07, 6.45) is 0. The first-order valence-electron chi connectivity index (χ1n) is 5.59. The Labute approximate surface area is 119 Å². The predicted octanol–water partition coefficient (Wildman–Crippen LogP) is 0.630. The monoisotopic (exact) mass is 317 g/mol. The quantitative estimate of drug-likeness (QED) is 0.457. The van der Waals surface area contributed by atoms with Crippen LogP contribution in [0.5, 0.6) is 0 Å². The maximum Gasteiger partial charge on any atom is 0.335 e. The van der Waals surface area contributed by atoms with Gasteiger partial charge in [-0.2, -0.15) is 0 Å². The van der Waals surface area contributed by atoms with Gasteiger partial charge in [-0.15, -0.1) is 0 Å². The van der Waals surface area contributed by atoms with Gasteiger partial charge in [0, 0.05) is 6.07 Å². The summed E-state index contributed by atoms with van der Waals surface area (Å²) >= 11 is 0. The fourth-order valence-corrected chi connectivity index (χ4v) is 2.77. The van der Waals surface area contributed by atoms with Crippen molar-refractivity contribution in [3.8, 4) is 0 Å². The number of hydrogen-bond acceptors (Lipinski definition) is 7. The molecule has 10 heteroatoms. The summed E-state index contributed by atoms with van der Waals surface area (Å²) in [6.45, 7) is 1.45. The highest BCUT2D eigenvalue weighted by Crippen LogP contribution is 2.26. The van der Waals surface area contributed by atoms with Gasteiger partial charge in [0.1, 0.15) is 4.90 Å². The molecule has 1 rings (SSSR count). The Bertz CT molecular complexity index is 694. The van der Waals surface area contributed by atoms with Crippen LogP contribution in [-0.4, -0.2) is 42.7 Å². The number of benzene rings is 1. The van der Waals surface area contributed by atoms with Crippen molar-refractivity contribution in [1.29, 1.82) is 0 Å². The molecular weight excluding hydrogens is 306 g/mol. The summed E-state index contributed by atoms with van der Waals surface area (Å²) in [5, 5.41) is 19.6. The van der Waals surface area contributed by atoms with Gasteiger partial charge in [0.25, 0.3) is 5.69 Å². The molecule has 9 nitrogen and oxygen atoms in total. The van der Waals surface area contributed by atoms with E-state index in [1.165, 1.54) is 6.92 Å². The number of nitro benzene ring substituents is 1. The number of aromatic carboxylic acids is 1. The Balaban J connectivity index is 3.32. The molecule has 0 bridgehead atoms. The fraction of sp³-hybridized carbons (Fsp3) is 0.273. The molecule has 0 unspecified atom stereocenters. The van der Waals surface area contributed by atoms with Crippen molar-refractivity contribution in [3.63, 3.8) is 0 Å². The first-order valence-corrected chi connectivity index (χ1v) is 7.24. The van der Waals surface area contributed by atoms with Crippen LogP contribution in [0.1, 0.15) is 17.3 Å². The van der Waals surface area contributed by atoms with Crippen molar-refractivity contribution in [2.24, 2.45) is 0 Å². The fourth-order valence-electron chi connectivity index (χ4n) is 1.49. The Hall–Kier alpha value is -2.49. The zero-order chi connectivity index (χ0) is 16.2. The minimum absolute atomic E-state index is 0.0333. The van der Waals surface area contributed by atoms with Crippen LogP contribution in [0.3, 0.4) is 0 Å². The van der Waals surface area contributed by atoms with Crippen molar-refractivity contribution < 1.29 is 32.8 Å². The van der Waals surface area contributed by atoms with Gasteiger partial charge in [-0.3, -0.25) is 14.9 Å². The van der Waals surface area contributed by atoms with E-state index in [9.17, 15) is 28.1 Å². The largest absolute Gasteiger partial charge is 0.478 e. The van der Waals surface area contributed by atoms with Crippen LogP contribution in [0.4, 0.5) is 5.69 Å². The average molecular weight is 317 g/mol. The molecule has 0 aliphatic rings. The SMILES string of the molecule is CCOC(=O)CS(=O)(=O)c1ccc(C(=O)O)cc1[N+](=O)[O-]. The molecule has 0 saturated heterocycles. The molecule has 114 valence electrons. The molecule has 0 aromatic heterocycles. The summed E-state index contributed by atoms with van der Waals surface area (Å²) < 4.78 is 28.4. The van der Waals surface area contributed by atoms with E-state index in [0.717, 1.165) is 12.1 Å². The van der Waals surface area contributed by atoms with Gasteiger partial charge in [-0.1, -0.05) is 0 Å². The van der Waals surface area contributed by atoms with Crippen LogP contribution in [0.15, 0.2) is 23.1 Å². The number of carbonyl (C=O) groups is 2. The first-order chi connectivity index (χ1) is 9.69. The van der Waals surface area contributed by atoms with Crippen LogP contribution >= 0.6 is 0 Å². The van der Waals surface area contributed by atoms with Gasteiger partial charge >= 0.3 is 11.9 Å². The first kappa shape index (κ1) is 16.6. The van der Waals surface area contributed by atoms with Crippen LogP contribution < -0.4 is 0 Å². The van der Waals surface area contributed by atoms with E-state index < -0.39 is 48.6 Å². The molecule has 0 saturated carbocycles. The molecule has 1 aromatic carbocycles. The highest BCUT2D eigenvalue weighted by molar-refractivity contribution is 7.92. The summed E-state index contributed by atoms with van der Waals surface area (Å²) in [5.41, 5.74) is -1.34. The third-order valence-electron chi connectivity index (χ3n) is 2.35. The van der Waals surface area contributed by atoms with Crippen LogP contribution in [0.2, 0.25) is 0 Å². The zero-order valence-corrected chi connectivity index (χ0v) is 11.6. The highest BCUT2D eigenvalue weighted by Gasteiger charge is 2.29. The minimum atomic E-state index is -4.31. The molecule has 21 heavy (non-hydrogen) atoms. The lowest BCUT2D eigenvalue weighted by atomic mass is 10.2. The summed E-state index contributed by atoms with van der Waals surface area (Å²) in [5.74, 6) is -3.55. The summed E-state index contributed by atoms with van der Waals surface area (Å²) in [6, 6.07) is 2.32. The highest BCUT2D eigenvalue weighted by atomic mass is 32.2. The lowest BCUT2D eigenvalue weighted by Crippen LogP contribution is -2.19. The lowest BCUT2D eigenvalue weighted by molar-refractivity contribution is -0.387. The van der Waals surface area contributed by atoms with Crippen molar-refractivity contribution in [2.75, 3.05) is 12.4 Å². The topological polar surface area (TPSA) is 141 Å². The number of sulfone groups is 1. The third-order valence-corrected chi connectivity index (χ3v) is 3.98. The molecular formula is C11H11NO8S.